The van der Waals surface area contributed by atoms with Crippen molar-refractivity contribution in [2.75, 3.05) is 7.11 Å². The first kappa shape index (κ1) is 22.9. The average molecular weight is 398 g/mol. The van der Waals surface area contributed by atoms with Gasteiger partial charge in [0.1, 0.15) is 0 Å². The quantitative estimate of drug-likeness (QED) is 0.695. The molecule has 25 heavy (non-hydrogen) atoms. The Labute approximate surface area is 158 Å². The Morgan fingerprint density at radius 1 is 0.840 bits per heavy atom. The minimum atomic E-state index is 0. The maximum absolute atomic E-state index is 10.0. The van der Waals surface area contributed by atoms with Crippen LogP contribution in [0.4, 0.5) is 17.1 Å². The average Bonchev–Trinajstić information content (AvgIpc) is 2.60. The summed E-state index contributed by atoms with van der Waals surface area (Å²) in [4.78, 5) is 0. The summed E-state index contributed by atoms with van der Waals surface area (Å²) in [5, 5.41) is 0. The molecule has 0 aromatic heterocycles. The van der Waals surface area contributed by atoms with Crippen LogP contribution in [0.15, 0.2) is 61.6 Å². The summed E-state index contributed by atoms with van der Waals surface area (Å²) in [6.07, 6.45) is 0. The molecule has 0 unspecified atom stereocenters. The minimum Gasteiger partial charge on any atom is -0.380 e. The van der Waals surface area contributed by atoms with Gasteiger partial charge >= 0.3 is 0 Å². The predicted octanol–water partition coefficient (Wildman–Crippen LogP) is 4.54. The van der Waals surface area contributed by atoms with E-state index in [0.717, 1.165) is 22.4 Å². The molecule has 2 rings (SSSR count). The summed E-state index contributed by atoms with van der Waals surface area (Å²) in [6.45, 7) is 0.588. The molecule has 0 aliphatic rings. The van der Waals surface area contributed by atoms with Crippen LogP contribution < -0.4 is 0 Å². The highest BCUT2D eigenvalue weighted by Gasteiger charge is 1.91. The Bertz CT molecular complexity index is 755. The van der Waals surface area contributed by atoms with E-state index in [9.17, 15) is 8.42 Å². The van der Waals surface area contributed by atoms with E-state index in [-0.39, 0.29) is 30.4 Å². The topological polar surface area (TPSA) is 80.4 Å². The molecule has 9 heteroatoms. The highest BCUT2D eigenvalue weighted by Crippen LogP contribution is 2.17. The summed E-state index contributed by atoms with van der Waals surface area (Å²) in [6, 6.07) is 14.4. The van der Waals surface area contributed by atoms with Crippen LogP contribution in [0, 0.1) is 0 Å². The zero-order valence-corrected chi connectivity index (χ0v) is 15.3. The largest absolute Gasteiger partial charge is 0.380 e. The van der Waals surface area contributed by atoms with E-state index < -0.39 is 0 Å². The second-order valence-electron chi connectivity index (χ2n) is 4.17. The first-order valence-electron chi connectivity index (χ1n) is 6.53. The van der Waals surface area contributed by atoms with Gasteiger partial charge in [-0.3, -0.25) is 0 Å². The van der Waals surface area contributed by atoms with E-state index in [1.54, 1.807) is 43.5 Å². The van der Waals surface area contributed by atoms with Crippen LogP contribution in [0.2, 0.25) is 0 Å². The number of nitrogens with zero attached hydrogens (tertiary/aromatic N) is 3. The molecule has 0 aliphatic carbocycles. The van der Waals surface area contributed by atoms with Gasteiger partial charge in [-0.1, -0.05) is 30.7 Å². The van der Waals surface area contributed by atoms with Crippen molar-refractivity contribution in [1.82, 2.24) is 0 Å². The van der Waals surface area contributed by atoms with Gasteiger partial charge in [0.05, 0.1) is 23.7 Å². The summed E-state index contributed by atoms with van der Waals surface area (Å²) >= 11 is 1.57. The van der Waals surface area contributed by atoms with Gasteiger partial charge in [0.15, 0.2) is 0 Å². The SMILES string of the molecule is C.C=S=Nc1ccc(N=S=O)cc1.COCc1ccc(N=S=O)cc1. The van der Waals surface area contributed by atoms with Crippen LogP contribution in [0.5, 0.6) is 0 Å². The van der Waals surface area contributed by atoms with Gasteiger partial charge in [-0.25, -0.2) is 0 Å². The predicted molar refractivity (Wildman–Crippen MR) is 107 cm³/mol. The van der Waals surface area contributed by atoms with Crippen molar-refractivity contribution < 1.29 is 13.2 Å². The molecular formula is C16H19N3O3S3. The lowest BCUT2D eigenvalue weighted by atomic mass is 10.2. The molecule has 134 valence electrons. The second-order valence-corrected chi connectivity index (χ2v) is 5.27. The van der Waals surface area contributed by atoms with Crippen molar-refractivity contribution in [2.24, 2.45) is 13.1 Å². The summed E-state index contributed by atoms with van der Waals surface area (Å²) in [5.41, 5.74) is 3.25. The minimum absolute atomic E-state index is 0. The van der Waals surface area contributed by atoms with Crippen molar-refractivity contribution >= 4 is 57.0 Å². The third-order valence-corrected chi connectivity index (χ3v) is 3.46. The van der Waals surface area contributed by atoms with Gasteiger partial charge in [0.2, 0.25) is 22.9 Å². The zero-order valence-electron chi connectivity index (χ0n) is 12.8. The van der Waals surface area contributed by atoms with E-state index in [2.05, 4.69) is 19.0 Å². The lowest BCUT2D eigenvalue weighted by molar-refractivity contribution is 0.185. The summed E-state index contributed by atoms with van der Waals surface area (Å²) in [7, 11) is 1.64. The highest BCUT2D eigenvalue weighted by atomic mass is 32.1. The molecule has 0 amide bonds. The van der Waals surface area contributed by atoms with Crippen molar-refractivity contribution in [3.63, 3.8) is 0 Å². The van der Waals surface area contributed by atoms with Crippen LogP contribution >= 0.6 is 0 Å². The van der Waals surface area contributed by atoms with Crippen LogP contribution in [-0.4, -0.2) is 21.4 Å². The molecule has 0 saturated heterocycles. The third kappa shape index (κ3) is 9.72. The van der Waals surface area contributed by atoms with Gasteiger partial charge in [-0.15, -0.1) is 0 Å². The molecule has 0 fully saturated rings. The number of benzene rings is 2. The maximum Gasteiger partial charge on any atom is 0.205 e. The monoisotopic (exact) mass is 397 g/mol. The van der Waals surface area contributed by atoms with Gasteiger partial charge in [0.25, 0.3) is 0 Å². The van der Waals surface area contributed by atoms with Crippen LogP contribution in [0.1, 0.15) is 13.0 Å². The molecule has 0 saturated carbocycles. The van der Waals surface area contributed by atoms with Gasteiger partial charge in [-0.05, 0) is 47.8 Å². The third-order valence-electron chi connectivity index (χ3n) is 2.55. The zero-order chi connectivity index (χ0) is 17.6. The van der Waals surface area contributed by atoms with Crippen LogP contribution in [0.3, 0.4) is 0 Å². The van der Waals surface area contributed by atoms with Crippen LogP contribution in [0.25, 0.3) is 0 Å². The Hall–Kier alpha value is -2.07. The first-order valence-corrected chi connectivity index (χ1v) is 8.87. The number of ether oxygens (including phenoxy) is 1. The van der Waals surface area contributed by atoms with E-state index in [1.807, 2.05) is 12.1 Å². The van der Waals surface area contributed by atoms with E-state index in [1.165, 1.54) is 0 Å². The van der Waals surface area contributed by atoms with E-state index >= 15 is 0 Å². The molecule has 6 nitrogen and oxygen atoms in total. The van der Waals surface area contributed by atoms with Crippen molar-refractivity contribution in [1.29, 1.82) is 0 Å². The van der Waals surface area contributed by atoms with Crippen LogP contribution in [-0.2, 0) is 45.4 Å². The molecule has 0 aliphatic heterocycles. The number of hydrogen-bond donors (Lipinski definition) is 0. The molecule has 0 N–H and O–H groups in total. The standard InChI is InChI=1S/C8H9NO2S.C7H6N2OS2.CH4/c1-11-6-7-2-4-8(5-3-7)9-12-10;1-11-8-6-2-4-7(5-3-6)9-12-10;/h2-5H,6H2,1H3;2-5H,1H2;1H4. The summed E-state index contributed by atoms with van der Waals surface area (Å²) in [5.74, 6) is 3.51. The van der Waals surface area contributed by atoms with Crippen molar-refractivity contribution in [3.05, 3.63) is 54.1 Å². The molecule has 0 bridgehead atoms. The molecule has 0 spiro atoms. The molecular weight excluding hydrogens is 378 g/mol. The van der Waals surface area contributed by atoms with Gasteiger partial charge in [0, 0.05) is 7.11 Å². The van der Waals surface area contributed by atoms with Gasteiger partial charge in [-0.2, -0.15) is 21.5 Å². The van der Waals surface area contributed by atoms with E-state index in [0.29, 0.717) is 18.0 Å². The Morgan fingerprint density at radius 2 is 1.24 bits per heavy atom. The molecule has 2 aromatic carbocycles. The number of rotatable bonds is 5. The lowest BCUT2D eigenvalue weighted by Crippen LogP contribution is -1.84. The first-order chi connectivity index (χ1) is 11.7. The fourth-order valence-electron chi connectivity index (χ4n) is 1.55. The molecule has 0 atom stereocenters. The Morgan fingerprint density at radius 3 is 1.60 bits per heavy atom. The molecule has 2 aromatic rings. The van der Waals surface area contributed by atoms with Crippen molar-refractivity contribution in [2.45, 2.75) is 14.0 Å². The van der Waals surface area contributed by atoms with Gasteiger partial charge < -0.3 is 4.74 Å². The Balaban J connectivity index is 0.000000443. The highest BCUT2D eigenvalue weighted by molar-refractivity contribution is 7.66. The summed E-state index contributed by atoms with van der Waals surface area (Å²) < 4.78 is 36.2. The molecule has 0 radical (unpaired) electrons. The van der Waals surface area contributed by atoms with Crippen molar-refractivity contribution in [3.8, 4) is 0 Å². The molecule has 0 heterocycles. The normalized spacial score (nSPS) is 8.68. The number of methoxy groups -OCH3 is 1. The van der Waals surface area contributed by atoms with E-state index in [4.69, 9.17) is 4.74 Å². The smallest absolute Gasteiger partial charge is 0.205 e. The number of hydrogen-bond acceptors (Lipinski definition) is 6. The lowest BCUT2D eigenvalue weighted by Gasteiger charge is -1.97. The fraction of sp³-hybridized carbons (Fsp3) is 0.188. The fourth-order valence-corrected chi connectivity index (χ4v) is 2.24. The second kappa shape index (κ2) is 14.3. The maximum atomic E-state index is 10.0. The Kier molecular flexibility index (Phi) is 13.1.